The fraction of sp³-hybridized carbons (Fsp3) is 0.417. The van der Waals surface area contributed by atoms with Crippen LogP contribution in [0.2, 0.25) is 0 Å². The molecule has 0 aliphatic rings. The van der Waals surface area contributed by atoms with Crippen molar-refractivity contribution >= 4 is 11.9 Å². The lowest BCUT2D eigenvalue weighted by molar-refractivity contribution is -0.144. The van der Waals surface area contributed by atoms with E-state index in [-0.39, 0.29) is 5.69 Å². The van der Waals surface area contributed by atoms with E-state index < -0.39 is 23.2 Å². The molecule has 1 unspecified atom stereocenters. The first-order chi connectivity index (χ1) is 8.39. The van der Waals surface area contributed by atoms with Gasteiger partial charge in [0.1, 0.15) is 17.1 Å². The molecular weight excluding hydrogens is 239 g/mol. The fourth-order valence-corrected chi connectivity index (χ4v) is 1.55. The number of aliphatic carboxylic acids is 1. The van der Waals surface area contributed by atoms with Crippen LogP contribution in [0, 0.1) is 5.82 Å². The maximum atomic E-state index is 12.6. The lowest BCUT2D eigenvalue weighted by atomic mass is 9.96. The van der Waals surface area contributed by atoms with Gasteiger partial charge < -0.3 is 10.4 Å². The molecule has 0 aliphatic carbocycles. The van der Waals surface area contributed by atoms with Crippen molar-refractivity contribution in [1.29, 1.82) is 0 Å². The molecule has 0 saturated carbocycles. The van der Waals surface area contributed by atoms with E-state index in [4.69, 9.17) is 5.11 Å². The van der Waals surface area contributed by atoms with Gasteiger partial charge in [0.15, 0.2) is 0 Å². The molecule has 1 heterocycles. The molecule has 1 rings (SSSR count). The molecule has 6 heteroatoms. The Bertz CT molecular complexity index is 447. The Kier molecular flexibility index (Phi) is 4.36. The first kappa shape index (κ1) is 14.1. The highest BCUT2D eigenvalue weighted by molar-refractivity contribution is 5.96. The molecule has 1 aromatic rings. The van der Waals surface area contributed by atoms with Gasteiger partial charge in [-0.3, -0.25) is 4.79 Å². The molecule has 0 aliphatic heterocycles. The number of amides is 1. The van der Waals surface area contributed by atoms with E-state index in [1.54, 1.807) is 0 Å². The van der Waals surface area contributed by atoms with Gasteiger partial charge in [-0.25, -0.2) is 14.2 Å². The van der Waals surface area contributed by atoms with Crippen LogP contribution in [0.3, 0.4) is 0 Å². The van der Waals surface area contributed by atoms with Gasteiger partial charge in [-0.1, -0.05) is 13.3 Å². The molecule has 18 heavy (non-hydrogen) atoms. The van der Waals surface area contributed by atoms with Crippen molar-refractivity contribution in [3.8, 4) is 0 Å². The van der Waals surface area contributed by atoms with Crippen LogP contribution < -0.4 is 5.32 Å². The Morgan fingerprint density at radius 1 is 1.50 bits per heavy atom. The van der Waals surface area contributed by atoms with Crippen molar-refractivity contribution in [2.75, 3.05) is 0 Å². The van der Waals surface area contributed by atoms with Gasteiger partial charge in [0, 0.05) is 0 Å². The third-order valence-electron chi connectivity index (χ3n) is 2.57. The summed E-state index contributed by atoms with van der Waals surface area (Å²) >= 11 is 0. The number of aromatic nitrogens is 1. The second-order valence-electron chi connectivity index (χ2n) is 4.20. The van der Waals surface area contributed by atoms with Crippen LogP contribution in [0.25, 0.3) is 0 Å². The zero-order chi connectivity index (χ0) is 13.8. The standard InChI is InChI=1S/C12H15FN2O3/c1-3-6-12(2,11(17)18)15-10(16)9-5-4-8(13)7-14-9/h4-5,7H,3,6H2,1-2H3,(H,15,16)(H,17,18). The number of carbonyl (C=O) groups is 2. The Morgan fingerprint density at radius 3 is 2.61 bits per heavy atom. The molecular formula is C12H15FN2O3. The van der Waals surface area contributed by atoms with E-state index in [1.807, 2.05) is 6.92 Å². The molecule has 0 saturated heterocycles. The van der Waals surface area contributed by atoms with Gasteiger partial charge in [-0.05, 0) is 25.5 Å². The largest absolute Gasteiger partial charge is 0.480 e. The SMILES string of the molecule is CCCC(C)(NC(=O)c1ccc(F)cn1)C(=O)O. The molecule has 0 fully saturated rings. The molecule has 0 radical (unpaired) electrons. The lowest BCUT2D eigenvalue weighted by Gasteiger charge is -2.25. The van der Waals surface area contributed by atoms with Crippen LogP contribution in [-0.2, 0) is 4.79 Å². The molecule has 0 bridgehead atoms. The van der Waals surface area contributed by atoms with Gasteiger partial charge >= 0.3 is 5.97 Å². The van der Waals surface area contributed by atoms with Crippen LogP contribution in [-0.4, -0.2) is 27.5 Å². The smallest absolute Gasteiger partial charge is 0.329 e. The zero-order valence-corrected chi connectivity index (χ0v) is 10.2. The quantitative estimate of drug-likeness (QED) is 0.836. The molecule has 1 amide bonds. The van der Waals surface area contributed by atoms with E-state index in [0.717, 1.165) is 12.3 Å². The normalized spacial score (nSPS) is 13.7. The predicted molar refractivity (Wildman–Crippen MR) is 62.6 cm³/mol. The number of nitrogens with zero attached hydrogens (tertiary/aromatic N) is 1. The lowest BCUT2D eigenvalue weighted by Crippen LogP contribution is -2.52. The molecule has 0 aromatic carbocycles. The highest BCUT2D eigenvalue weighted by atomic mass is 19.1. The average molecular weight is 254 g/mol. The van der Waals surface area contributed by atoms with Crippen molar-refractivity contribution in [1.82, 2.24) is 10.3 Å². The zero-order valence-electron chi connectivity index (χ0n) is 10.2. The molecule has 98 valence electrons. The molecule has 1 aromatic heterocycles. The number of rotatable bonds is 5. The summed E-state index contributed by atoms with van der Waals surface area (Å²) in [6, 6.07) is 2.30. The third kappa shape index (κ3) is 3.26. The summed E-state index contributed by atoms with van der Waals surface area (Å²) < 4.78 is 12.6. The summed E-state index contributed by atoms with van der Waals surface area (Å²) in [6.45, 7) is 3.25. The molecule has 2 N–H and O–H groups in total. The summed E-state index contributed by atoms with van der Waals surface area (Å²) in [5.74, 6) is -2.30. The Morgan fingerprint density at radius 2 is 2.17 bits per heavy atom. The van der Waals surface area contributed by atoms with Crippen molar-refractivity contribution in [2.24, 2.45) is 0 Å². The molecule has 5 nitrogen and oxygen atoms in total. The summed E-state index contributed by atoms with van der Waals surface area (Å²) in [4.78, 5) is 26.5. The number of carboxylic acids is 1. The van der Waals surface area contributed by atoms with Crippen LogP contribution in [0.5, 0.6) is 0 Å². The minimum atomic E-state index is -1.35. The van der Waals surface area contributed by atoms with E-state index in [1.165, 1.54) is 13.0 Å². The first-order valence-electron chi connectivity index (χ1n) is 5.56. The van der Waals surface area contributed by atoms with Crippen molar-refractivity contribution in [3.05, 3.63) is 29.8 Å². The van der Waals surface area contributed by atoms with Crippen molar-refractivity contribution in [2.45, 2.75) is 32.2 Å². The van der Waals surface area contributed by atoms with Crippen molar-refractivity contribution < 1.29 is 19.1 Å². The van der Waals surface area contributed by atoms with Gasteiger partial charge in [0.2, 0.25) is 0 Å². The summed E-state index contributed by atoms with van der Waals surface area (Å²) in [6.07, 6.45) is 1.82. The van der Waals surface area contributed by atoms with E-state index >= 15 is 0 Å². The Hall–Kier alpha value is -1.98. The van der Waals surface area contributed by atoms with Crippen LogP contribution >= 0.6 is 0 Å². The highest BCUT2D eigenvalue weighted by Gasteiger charge is 2.34. The summed E-state index contributed by atoms with van der Waals surface area (Å²) in [7, 11) is 0. The maximum absolute atomic E-state index is 12.6. The van der Waals surface area contributed by atoms with Crippen LogP contribution in [0.4, 0.5) is 4.39 Å². The number of hydrogen-bond acceptors (Lipinski definition) is 3. The van der Waals surface area contributed by atoms with Crippen LogP contribution in [0.1, 0.15) is 37.2 Å². The number of halogens is 1. The molecule has 1 atom stereocenters. The van der Waals surface area contributed by atoms with Gasteiger partial charge in [-0.2, -0.15) is 0 Å². The van der Waals surface area contributed by atoms with Gasteiger partial charge in [0.25, 0.3) is 5.91 Å². The van der Waals surface area contributed by atoms with Crippen LogP contribution in [0.15, 0.2) is 18.3 Å². The van der Waals surface area contributed by atoms with E-state index in [2.05, 4.69) is 10.3 Å². The number of hydrogen-bond donors (Lipinski definition) is 2. The number of pyridine rings is 1. The second kappa shape index (κ2) is 5.57. The summed E-state index contributed by atoms with van der Waals surface area (Å²) in [5, 5.41) is 11.5. The predicted octanol–water partition coefficient (Wildman–Crippen LogP) is 1.59. The first-order valence-corrected chi connectivity index (χ1v) is 5.56. The fourth-order valence-electron chi connectivity index (χ4n) is 1.55. The maximum Gasteiger partial charge on any atom is 0.329 e. The monoisotopic (exact) mass is 254 g/mol. The van der Waals surface area contributed by atoms with E-state index in [0.29, 0.717) is 12.8 Å². The van der Waals surface area contributed by atoms with Gasteiger partial charge in [0.05, 0.1) is 6.20 Å². The topological polar surface area (TPSA) is 79.3 Å². The highest BCUT2D eigenvalue weighted by Crippen LogP contribution is 2.13. The Balaban J connectivity index is 2.85. The van der Waals surface area contributed by atoms with Gasteiger partial charge in [-0.15, -0.1) is 0 Å². The number of carbonyl (C=O) groups excluding carboxylic acids is 1. The minimum absolute atomic E-state index is 0.0139. The minimum Gasteiger partial charge on any atom is -0.480 e. The Labute approximate surface area is 104 Å². The number of nitrogens with one attached hydrogen (secondary N) is 1. The molecule has 0 spiro atoms. The summed E-state index contributed by atoms with van der Waals surface area (Å²) in [5.41, 5.74) is -1.36. The average Bonchev–Trinajstić information content (AvgIpc) is 2.29. The second-order valence-corrected chi connectivity index (χ2v) is 4.20. The number of carboxylic acid groups (broad SMARTS) is 1. The van der Waals surface area contributed by atoms with E-state index in [9.17, 15) is 14.0 Å². The van der Waals surface area contributed by atoms with Crippen molar-refractivity contribution in [3.63, 3.8) is 0 Å². The third-order valence-corrected chi connectivity index (χ3v) is 2.57.